The molecule has 14 heteroatoms. The lowest BCUT2D eigenvalue weighted by molar-refractivity contribution is -0.237. The van der Waals surface area contributed by atoms with Gasteiger partial charge in [0.25, 0.3) is 5.56 Å². The summed E-state index contributed by atoms with van der Waals surface area (Å²) in [7, 11) is 0. The van der Waals surface area contributed by atoms with Crippen molar-refractivity contribution in [2.75, 3.05) is 6.61 Å². The first-order chi connectivity index (χ1) is 20.3. The summed E-state index contributed by atoms with van der Waals surface area (Å²) < 4.78 is 19.3. The highest BCUT2D eigenvalue weighted by Gasteiger charge is 2.49. The topological polar surface area (TPSA) is 192 Å². The molecule has 1 saturated heterocycles. The van der Waals surface area contributed by atoms with Crippen LogP contribution in [0.2, 0.25) is 0 Å². The number of carboxylic acid groups (broad SMARTS) is 3. The maximum absolute atomic E-state index is 13.3. The Hall–Kier alpha value is -4.30. The molecule has 2 aromatic carbocycles. The molecule has 0 bridgehead atoms. The number of halogens is 1. The van der Waals surface area contributed by atoms with E-state index >= 15 is 0 Å². The minimum absolute atomic E-state index is 0.213. The van der Waals surface area contributed by atoms with Gasteiger partial charge in [-0.15, -0.1) is 0 Å². The number of esters is 1. The van der Waals surface area contributed by atoms with Gasteiger partial charge in [0.2, 0.25) is 6.29 Å². The SMILES string of the molecule is CC(=O)OC[C@H]1O[C@@H](Oc2ccc(-n3c(C)nc4cc(Br)ccc4c3=O)cc2)[C@@H](CC(=O)O)[C@H](CC(=O)O)[C@@H]1CC(=O)O. The highest BCUT2D eigenvalue weighted by molar-refractivity contribution is 9.10. The molecule has 1 aliphatic rings. The zero-order valence-corrected chi connectivity index (χ0v) is 24.7. The maximum Gasteiger partial charge on any atom is 0.303 e. The summed E-state index contributed by atoms with van der Waals surface area (Å²) >= 11 is 3.38. The molecule has 5 atom stereocenters. The number of carboxylic acids is 3. The van der Waals surface area contributed by atoms with Gasteiger partial charge in [0.1, 0.15) is 18.2 Å². The molecule has 0 radical (unpaired) electrons. The van der Waals surface area contributed by atoms with E-state index in [-0.39, 0.29) is 17.9 Å². The van der Waals surface area contributed by atoms with E-state index < -0.39 is 73.3 Å². The van der Waals surface area contributed by atoms with Crippen molar-refractivity contribution in [3.63, 3.8) is 0 Å². The van der Waals surface area contributed by atoms with Gasteiger partial charge in [-0.25, -0.2) is 4.98 Å². The fourth-order valence-corrected chi connectivity index (χ4v) is 5.82. The molecule has 0 aliphatic carbocycles. The third-order valence-corrected chi connectivity index (χ3v) is 7.76. The smallest absolute Gasteiger partial charge is 0.303 e. The highest BCUT2D eigenvalue weighted by atomic mass is 79.9. The van der Waals surface area contributed by atoms with E-state index in [4.69, 9.17) is 14.2 Å². The molecule has 228 valence electrons. The number of hydrogen-bond acceptors (Lipinski definition) is 9. The van der Waals surface area contributed by atoms with Gasteiger partial charge >= 0.3 is 23.9 Å². The predicted octanol–water partition coefficient (Wildman–Crippen LogP) is 3.40. The van der Waals surface area contributed by atoms with E-state index in [1.807, 2.05) is 0 Å². The first kappa shape index (κ1) is 31.6. The summed E-state index contributed by atoms with van der Waals surface area (Å²) in [5.74, 6) is -6.80. The minimum Gasteiger partial charge on any atom is -0.481 e. The second-order valence-electron chi connectivity index (χ2n) is 10.2. The van der Waals surface area contributed by atoms with Crippen LogP contribution in [0.25, 0.3) is 16.6 Å². The molecular weight excluding hydrogens is 632 g/mol. The normalized spacial score (nSPS) is 21.7. The van der Waals surface area contributed by atoms with Crippen molar-refractivity contribution in [2.24, 2.45) is 17.8 Å². The lowest BCUT2D eigenvalue weighted by atomic mass is 9.71. The fraction of sp³-hybridized carbons (Fsp3) is 0.379. The van der Waals surface area contributed by atoms with Crippen LogP contribution in [0.1, 0.15) is 32.0 Å². The van der Waals surface area contributed by atoms with E-state index in [0.717, 1.165) is 11.4 Å². The molecule has 3 N–H and O–H groups in total. The Morgan fingerprint density at radius 2 is 1.53 bits per heavy atom. The number of carbonyl (C=O) groups is 4. The number of aromatic nitrogens is 2. The van der Waals surface area contributed by atoms with Crippen LogP contribution in [0.3, 0.4) is 0 Å². The van der Waals surface area contributed by atoms with Crippen molar-refractivity contribution in [1.29, 1.82) is 0 Å². The number of benzene rings is 2. The van der Waals surface area contributed by atoms with Crippen LogP contribution in [0, 0.1) is 24.7 Å². The highest BCUT2D eigenvalue weighted by Crippen LogP contribution is 2.42. The third kappa shape index (κ3) is 7.56. The van der Waals surface area contributed by atoms with E-state index in [1.54, 1.807) is 37.3 Å². The zero-order valence-electron chi connectivity index (χ0n) is 23.1. The fourth-order valence-electron chi connectivity index (χ4n) is 5.47. The largest absolute Gasteiger partial charge is 0.481 e. The standard InChI is InChI=1S/C29H29BrN2O11/c1-14-31-23-9-16(30)3-8-19(23)28(40)32(14)17-4-6-18(7-5-17)42-29-22(12-27(38)39)20(10-25(34)35)21(11-26(36)37)24(43-29)13-41-15(2)33/h3-9,20-22,24,29H,10-13H2,1-2H3,(H,34,35)(H,36,37)(H,38,39)/t20-,21+,22+,24-,29-/m1/s1. The summed E-state index contributed by atoms with van der Waals surface area (Å²) in [4.78, 5) is 64.6. The second-order valence-corrected chi connectivity index (χ2v) is 11.1. The first-order valence-corrected chi connectivity index (χ1v) is 14.0. The van der Waals surface area contributed by atoms with Gasteiger partial charge in [0.15, 0.2) is 0 Å². The van der Waals surface area contributed by atoms with Crippen LogP contribution in [-0.4, -0.2) is 67.7 Å². The van der Waals surface area contributed by atoms with Crippen LogP contribution in [-0.2, 0) is 28.7 Å². The number of hydrogen-bond donors (Lipinski definition) is 3. The molecular formula is C29H29BrN2O11. The lowest BCUT2D eigenvalue weighted by Crippen LogP contribution is -2.53. The number of ether oxygens (including phenoxy) is 3. The Bertz CT molecular complexity index is 1600. The average molecular weight is 661 g/mol. The molecule has 2 heterocycles. The Morgan fingerprint density at radius 3 is 2.14 bits per heavy atom. The molecule has 1 fully saturated rings. The first-order valence-electron chi connectivity index (χ1n) is 13.2. The van der Waals surface area contributed by atoms with Crippen molar-refractivity contribution in [2.45, 2.75) is 45.5 Å². The third-order valence-electron chi connectivity index (χ3n) is 7.26. The van der Waals surface area contributed by atoms with Gasteiger partial charge in [-0.2, -0.15) is 0 Å². The van der Waals surface area contributed by atoms with E-state index in [2.05, 4.69) is 20.9 Å². The van der Waals surface area contributed by atoms with Crippen molar-refractivity contribution in [3.05, 3.63) is 63.1 Å². The van der Waals surface area contributed by atoms with Crippen LogP contribution < -0.4 is 10.3 Å². The second kappa shape index (κ2) is 13.3. The zero-order chi connectivity index (χ0) is 31.4. The Balaban J connectivity index is 1.68. The predicted molar refractivity (Wildman–Crippen MR) is 153 cm³/mol. The molecule has 1 aliphatic heterocycles. The number of aliphatic carboxylic acids is 3. The Kier molecular flexibility index (Phi) is 9.81. The number of aryl methyl sites for hydroxylation is 1. The van der Waals surface area contributed by atoms with E-state index in [9.17, 15) is 39.3 Å². The molecule has 0 amide bonds. The minimum atomic E-state index is -1.32. The summed E-state index contributed by atoms with van der Waals surface area (Å²) in [6.07, 6.45) is -4.05. The van der Waals surface area contributed by atoms with Gasteiger partial charge in [-0.05, 0) is 55.3 Å². The van der Waals surface area contributed by atoms with Gasteiger partial charge in [-0.3, -0.25) is 28.5 Å². The van der Waals surface area contributed by atoms with Crippen molar-refractivity contribution < 1.29 is 48.7 Å². The van der Waals surface area contributed by atoms with Gasteiger partial charge < -0.3 is 29.5 Å². The number of nitrogens with zero attached hydrogens (tertiary/aromatic N) is 2. The molecule has 3 aromatic rings. The van der Waals surface area contributed by atoms with Crippen molar-refractivity contribution >= 4 is 50.7 Å². The maximum atomic E-state index is 13.3. The summed E-state index contributed by atoms with van der Waals surface area (Å²) in [5, 5.41) is 29.2. The van der Waals surface area contributed by atoms with E-state index in [1.165, 1.54) is 16.7 Å². The number of fused-ring (bicyclic) bond motifs is 1. The van der Waals surface area contributed by atoms with Crippen LogP contribution >= 0.6 is 15.9 Å². The Morgan fingerprint density at radius 1 is 0.930 bits per heavy atom. The molecule has 0 spiro atoms. The molecule has 0 unspecified atom stereocenters. The Labute approximate surface area is 253 Å². The monoisotopic (exact) mass is 660 g/mol. The average Bonchev–Trinajstić information content (AvgIpc) is 2.91. The summed E-state index contributed by atoms with van der Waals surface area (Å²) in [5.41, 5.74) is 0.736. The number of carbonyl (C=O) groups excluding carboxylic acids is 1. The molecule has 0 saturated carbocycles. The van der Waals surface area contributed by atoms with Crippen LogP contribution in [0.15, 0.2) is 51.7 Å². The van der Waals surface area contributed by atoms with E-state index in [0.29, 0.717) is 22.4 Å². The molecule has 1 aromatic heterocycles. The van der Waals surface area contributed by atoms with Crippen LogP contribution in [0.4, 0.5) is 0 Å². The molecule has 43 heavy (non-hydrogen) atoms. The quantitative estimate of drug-likeness (QED) is 0.254. The van der Waals surface area contributed by atoms with Crippen molar-refractivity contribution in [1.82, 2.24) is 9.55 Å². The molecule has 4 rings (SSSR count). The number of rotatable bonds is 11. The van der Waals surface area contributed by atoms with Crippen molar-refractivity contribution in [3.8, 4) is 11.4 Å². The van der Waals surface area contributed by atoms with Crippen LogP contribution in [0.5, 0.6) is 5.75 Å². The lowest BCUT2D eigenvalue weighted by Gasteiger charge is -2.45. The van der Waals surface area contributed by atoms with Gasteiger partial charge in [-0.1, -0.05) is 15.9 Å². The molecule has 13 nitrogen and oxygen atoms in total. The summed E-state index contributed by atoms with van der Waals surface area (Å²) in [6, 6.07) is 11.4. The van der Waals surface area contributed by atoms with Gasteiger partial charge in [0, 0.05) is 29.7 Å². The summed E-state index contributed by atoms with van der Waals surface area (Å²) in [6.45, 7) is 2.47. The van der Waals surface area contributed by atoms with Gasteiger partial charge in [0.05, 0.1) is 35.5 Å².